The highest BCUT2D eigenvalue weighted by Crippen LogP contribution is 2.32. The number of carbonyl (C=O) groups excluding carboxylic acids is 3. The topological polar surface area (TPSA) is 105 Å². The van der Waals surface area contributed by atoms with Crippen LogP contribution in [-0.2, 0) is 44.1 Å². The van der Waals surface area contributed by atoms with Crippen molar-refractivity contribution in [2.45, 2.75) is 62.4 Å². The van der Waals surface area contributed by atoms with Gasteiger partial charge in [0.15, 0.2) is 23.7 Å². The maximum absolute atomic E-state index is 13.0. The summed E-state index contributed by atoms with van der Waals surface area (Å²) in [4.78, 5) is 35.2. The molecule has 0 spiro atoms. The summed E-state index contributed by atoms with van der Waals surface area (Å²) >= 11 is 0. The second-order valence-electron chi connectivity index (χ2n) is 6.04. The predicted octanol–water partition coefficient (Wildman–Crippen LogP) is 1.33. The Kier molecular flexibility index (Phi) is 7.09. The van der Waals surface area contributed by atoms with E-state index in [0.29, 0.717) is 4.90 Å². The van der Waals surface area contributed by atoms with E-state index in [-0.39, 0.29) is 0 Å². The molecule has 148 valence electrons. The molecule has 1 aliphatic heterocycles. The molecule has 0 aliphatic carbocycles. The number of hydrogen-bond donors (Lipinski definition) is 0. The van der Waals surface area contributed by atoms with Crippen LogP contribution in [-0.4, -0.2) is 52.0 Å². The van der Waals surface area contributed by atoms with E-state index >= 15 is 0 Å². The summed E-state index contributed by atoms with van der Waals surface area (Å²) in [5.41, 5.74) is -1.11. The molecule has 0 aromatic heterocycles. The molecule has 1 aromatic carbocycles. The number of rotatable bonds is 5. The molecule has 0 radical (unpaired) electrons. The van der Waals surface area contributed by atoms with Crippen molar-refractivity contribution in [2.24, 2.45) is 0 Å². The lowest BCUT2D eigenvalue weighted by atomic mass is 10.00. The normalized spacial score (nSPS) is 28.7. The third-order valence-corrected chi connectivity index (χ3v) is 5.36. The molecule has 1 unspecified atom stereocenters. The van der Waals surface area contributed by atoms with Gasteiger partial charge in [0, 0.05) is 25.7 Å². The minimum atomic E-state index is -1.73. The highest BCUT2D eigenvalue weighted by Gasteiger charge is 2.52. The summed E-state index contributed by atoms with van der Waals surface area (Å²) in [6, 6.07) is 8.49. The lowest BCUT2D eigenvalue weighted by Crippen LogP contribution is -2.61. The van der Waals surface area contributed by atoms with Gasteiger partial charge in [-0.15, -0.1) is 0 Å². The smallest absolute Gasteiger partial charge is 0.303 e. The van der Waals surface area contributed by atoms with Gasteiger partial charge in [-0.1, -0.05) is 18.2 Å². The minimum absolute atomic E-state index is 0.458. The van der Waals surface area contributed by atoms with E-state index in [1.54, 1.807) is 37.3 Å². The van der Waals surface area contributed by atoms with Crippen LogP contribution in [0, 0.1) is 0 Å². The van der Waals surface area contributed by atoms with E-state index in [2.05, 4.69) is 0 Å². The van der Waals surface area contributed by atoms with Gasteiger partial charge in [0.25, 0.3) is 0 Å². The van der Waals surface area contributed by atoms with Crippen molar-refractivity contribution < 1.29 is 37.5 Å². The van der Waals surface area contributed by atoms with Crippen molar-refractivity contribution in [1.82, 2.24) is 0 Å². The highest BCUT2D eigenvalue weighted by atomic mass is 32.2. The third-order valence-electron chi connectivity index (χ3n) is 3.82. The Morgan fingerprint density at radius 3 is 1.85 bits per heavy atom. The second kappa shape index (κ2) is 9.09. The third kappa shape index (κ3) is 5.36. The van der Waals surface area contributed by atoms with Crippen molar-refractivity contribution in [1.29, 1.82) is 0 Å². The summed E-state index contributed by atoms with van der Waals surface area (Å²) in [6.45, 7) is 5.15. The Hall–Kier alpha value is -2.26. The number of carbonyl (C=O) groups is 3. The SMILES string of the molecule is CC(=O)O[C@@H]1[C@@H](OC(C)=O)[C@H](C)O[C@@H](S(=O)c2ccccc2)[C@@H]1OC(C)=O. The molecule has 0 N–H and O–H groups in total. The fourth-order valence-electron chi connectivity index (χ4n) is 2.83. The Labute approximate surface area is 159 Å². The first-order valence-electron chi connectivity index (χ1n) is 8.33. The molecule has 9 heteroatoms. The predicted molar refractivity (Wildman–Crippen MR) is 93.8 cm³/mol. The Morgan fingerprint density at radius 1 is 0.852 bits per heavy atom. The molecule has 1 aliphatic rings. The van der Waals surface area contributed by atoms with Crippen LogP contribution in [0.1, 0.15) is 27.7 Å². The van der Waals surface area contributed by atoms with Crippen molar-refractivity contribution in [3.8, 4) is 0 Å². The van der Waals surface area contributed by atoms with Crippen molar-refractivity contribution in [2.75, 3.05) is 0 Å². The zero-order chi connectivity index (χ0) is 20.1. The largest absolute Gasteiger partial charge is 0.456 e. The van der Waals surface area contributed by atoms with Crippen molar-refractivity contribution >= 4 is 28.7 Å². The quantitative estimate of drug-likeness (QED) is 0.540. The number of hydrogen-bond acceptors (Lipinski definition) is 8. The van der Waals surface area contributed by atoms with Gasteiger partial charge in [-0.25, -0.2) is 0 Å². The van der Waals surface area contributed by atoms with E-state index in [1.807, 2.05) is 0 Å². The zero-order valence-electron chi connectivity index (χ0n) is 15.4. The Morgan fingerprint density at radius 2 is 1.33 bits per heavy atom. The summed E-state index contributed by atoms with van der Waals surface area (Å²) in [5.74, 6) is -1.95. The Bertz CT molecular complexity index is 719. The maximum Gasteiger partial charge on any atom is 0.303 e. The number of benzene rings is 1. The fraction of sp³-hybridized carbons (Fsp3) is 0.500. The van der Waals surface area contributed by atoms with Gasteiger partial charge >= 0.3 is 17.9 Å². The van der Waals surface area contributed by atoms with Gasteiger partial charge < -0.3 is 18.9 Å². The maximum atomic E-state index is 13.0. The molecule has 0 amide bonds. The Balaban J connectivity index is 2.43. The average Bonchev–Trinajstić information content (AvgIpc) is 2.59. The molecule has 0 saturated carbocycles. The lowest BCUT2D eigenvalue weighted by Gasteiger charge is -2.43. The summed E-state index contributed by atoms with van der Waals surface area (Å²) < 4.78 is 34.7. The van der Waals surface area contributed by atoms with Crippen molar-refractivity contribution in [3.63, 3.8) is 0 Å². The molecule has 8 nitrogen and oxygen atoms in total. The van der Waals surface area contributed by atoms with Gasteiger partial charge in [-0.3, -0.25) is 18.6 Å². The van der Waals surface area contributed by atoms with Crippen LogP contribution in [0.3, 0.4) is 0 Å². The average molecular weight is 398 g/mol. The van der Waals surface area contributed by atoms with Gasteiger partial charge in [-0.05, 0) is 19.1 Å². The van der Waals surface area contributed by atoms with Crippen LogP contribution in [0.15, 0.2) is 35.2 Å². The molecule has 6 atom stereocenters. The van der Waals surface area contributed by atoms with Crippen molar-refractivity contribution in [3.05, 3.63) is 30.3 Å². The van der Waals surface area contributed by atoms with Gasteiger partial charge in [0.1, 0.15) is 0 Å². The molecular formula is C18H22O8S. The van der Waals surface area contributed by atoms with Crippen LogP contribution in [0.5, 0.6) is 0 Å². The second-order valence-corrected chi connectivity index (χ2v) is 7.57. The van der Waals surface area contributed by atoms with Crippen LogP contribution < -0.4 is 0 Å². The van der Waals surface area contributed by atoms with E-state index in [1.165, 1.54) is 20.8 Å². The zero-order valence-corrected chi connectivity index (χ0v) is 16.3. The van der Waals surface area contributed by atoms with Gasteiger partial charge in [-0.2, -0.15) is 0 Å². The summed E-state index contributed by atoms with van der Waals surface area (Å²) in [6.07, 6.45) is -4.13. The number of ether oxygens (including phenoxy) is 4. The summed E-state index contributed by atoms with van der Waals surface area (Å²) in [7, 11) is -1.73. The lowest BCUT2D eigenvalue weighted by molar-refractivity contribution is -0.229. The standard InChI is InChI=1S/C18H22O8S/c1-10-15(24-11(2)19)16(25-12(3)20)17(26-13(4)21)18(23-10)27(22)14-8-6-5-7-9-14/h5-10,15-18H,1-4H3/t10-,15-,16+,17+,18-,27?/m0/s1. The van der Waals surface area contributed by atoms with E-state index in [4.69, 9.17) is 18.9 Å². The fourth-order valence-corrected chi connectivity index (χ4v) is 4.25. The van der Waals surface area contributed by atoms with Gasteiger partial charge in [0.2, 0.25) is 0 Å². The molecule has 27 heavy (non-hydrogen) atoms. The van der Waals surface area contributed by atoms with E-state index in [0.717, 1.165) is 0 Å². The van der Waals surface area contributed by atoms with Crippen LogP contribution >= 0.6 is 0 Å². The van der Waals surface area contributed by atoms with Crippen LogP contribution in [0.25, 0.3) is 0 Å². The molecule has 1 saturated heterocycles. The molecule has 1 fully saturated rings. The number of esters is 3. The first-order chi connectivity index (χ1) is 12.7. The van der Waals surface area contributed by atoms with Crippen LogP contribution in [0.2, 0.25) is 0 Å². The summed E-state index contributed by atoms with van der Waals surface area (Å²) in [5, 5.41) is 0. The van der Waals surface area contributed by atoms with E-state index in [9.17, 15) is 18.6 Å². The molecule has 1 heterocycles. The molecule has 1 aromatic rings. The minimum Gasteiger partial charge on any atom is -0.456 e. The van der Waals surface area contributed by atoms with E-state index < -0.39 is 58.6 Å². The first kappa shape index (κ1) is 21.0. The molecule has 2 rings (SSSR count). The molecule has 0 bridgehead atoms. The van der Waals surface area contributed by atoms with Crippen LogP contribution in [0.4, 0.5) is 0 Å². The van der Waals surface area contributed by atoms with Gasteiger partial charge in [0.05, 0.1) is 16.9 Å². The first-order valence-corrected chi connectivity index (χ1v) is 9.54. The monoisotopic (exact) mass is 398 g/mol. The molecular weight excluding hydrogens is 376 g/mol. The highest BCUT2D eigenvalue weighted by molar-refractivity contribution is 7.85.